The second-order valence-electron chi connectivity index (χ2n) is 4.64. The molecule has 0 unspecified atom stereocenters. The maximum absolute atomic E-state index is 4.40. The summed E-state index contributed by atoms with van der Waals surface area (Å²) < 4.78 is 1.93. The van der Waals surface area contributed by atoms with Crippen molar-refractivity contribution in [3.63, 3.8) is 0 Å². The predicted octanol–water partition coefficient (Wildman–Crippen LogP) is 3.13. The second kappa shape index (κ2) is 4.24. The van der Waals surface area contributed by atoms with Crippen molar-refractivity contribution in [2.75, 3.05) is 10.6 Å². The zero-order valence-corrected chi connectivity index (χ0v) is 11.5. The Labute approximate surface area is 111 Å². The van der Waals surface area contributed by atoms with Gasteiger partial charge in [0.1, 0.15) is 5.82 Å². The molecule has 3 rings (SSSR count). The van der Waals surface area contributed by atoms with Gasteiger partial charge in [-0.1, -0.05) is 17.7 Å². The van der Waals surface area contributed by atoms with Crippen LogP contribution in [0.25, 0.3) is 0 Å². The minimum Gasteiger partial charge on any atom is -0.355 e. The van der Waals surface area contributed by atoms with E-state index in [-0.39, 0.29) is 5.50 Å². The van der Waals surface area contributed by atoms with Gasteiger partial charge in [0, 0.05) is 23.7 Å². The number of benzene rings is 1. The smallest absolute Gasteiger partial charge is 0.168 e. The Hall–Kier alpha value is -1.62. The van der Waals surface area contributed by atoms with E-state index in [9.17, 15) is 0 Å². The summed E-state index contributed by atoms with van der Waals surface area (Å²) in [6, 6.07) is 8.48. The van der Waals surface area contributed by atoms with E-state index in [1.54, 1.807) is 11.9 Å². The van der Waals surface area contributed by atoms with Crippen molar-refractivity contribution in [3.05, 3.63) is 41.1 Å². The average molecular weight is 260 g/mol. The third-order valence-corrected chi connectivity index (χ3v) is 3.88. The molecule has 0 fully saturated rings. The summed E-state index contributed by atoms with van der Waals surface area (Å²) in [5.41, 5.74) is 4.88. The van der Waals surface area contributed by atoms with Crippen molar-refractivity contribution >= 4 is 23.5 Å². The molecule has 18 heavy (non-hydrogen) atoms. The molecule has 4 nitrogen and oxygen atoms in total. The van der Waals surface area contributed by atoms with E-state index in [4.69, 9.17) is 0 Å². The molecular weight excluding hydrogens is 244 g/mol. The van der Waals surface area contributed by atoms with E-state index in [2.05, 4.69) is 53.8 Å². The SMILES string of the molecule is Cc1ccc(N[C@@H]2Nc3cc(C)nn3S2)c(C)c1. The number of nitrogens with zero attached hydrogens (tertiary/aromatic N) is 2. The first kappa shape index (κ1) is 11.5. The fourth-order valence-corrected chi connectivity index (χ4v) is 3.04. The lowest BCUT2D eigenvalue weighted by molar-refractivity contribution is 0.996. The molecule has 5 heteroatoms. The van der Waals surface area contributed by atoms with Crippen molar-refractivity contribution in [2.45, 2.75) is 26.3 Å². The number of rotatable bonds is 2. The molecule has 2 aromatic rings. The standard InChI is InChI=1S/C13H16N4S/c1-8-4-5-11(9(2)6-8)14-13-15-12-7-10(3)16-17(12)18-13/h4-7,13-15H,1-3H3/t13-/m1/s1. The van der Waals surface area contributed by atoms with E-state index in [0.717, 1.165) is 17.2 Å². The summed E-state index contributed by atoms with van der Waals surface area (Å²) in [5.74, 6) is 1.06. The average Bonchev–Trinajstić information content (AvgIpc) is 2.79. The van der Waals surface area contributed by atoms with Crippen LogP contribution in [-0.4, -0.2) is 14.7 Å². The van der Waals surface area contributed by atoms with Gasteiger partial charge in [-0.2, -0.15) is 9.19 Å². The Bertz CT molecular complexity index is 567. The van der Waals surface area contributed by atoms with Crippen LogP contribution < -0.4 is 10.6 Å². The first-order valence-electron chi connectivity index (χ1n) is 5.96. The maximum atomic E-state index is 4.40. The van der Waals surface area contributed by atoms with Crippen LogP contribution in [0.2, 0.25) is 0 Å². The molecule has 0 saturated carbocycles. The van der Waals surface area contributed by atoms with E-state index in [1.165, 1.54) is 11.1 Å². The normalized spacial score (nSPS) is 17.4. The quantitative estimate of drug-likeness (QED) is 0.870. The highest BCUT2D eigenvalue weighted by molar-refractivity contribution is 7.98. The Morgan fingerprint density at radius 1 is 1.28 bits per heavy atom. The second-order valence-corrected chi connectivity index (χ2v) is 5.66. The van der Waals surface area contributed by atoms with Crippen molar-refractivity contribution < 1.29 is 0 Å². The number of fused-ring (bicyclic) bond motifs is 1. The summed E-state index contributed by atoms with van der Waals surface area (Å²) in [6.07, 6.45) is 0. The monoisotopic (exact) mass is 260 g/mol. The number of aromatic nitrogens is 2. The Morgan fingerprint density at radius 2 is 2.11 bits per heavy atom. The number of nitrogens with one attached hydrogen (secondary N) is 2. The summed E-state index contributed by atoms with van der Waals surface area (Å²) in [5, 5.41) is 11.3. The van der Waals surface area contributed by atoms with Crippen LogP contribution in [-0.2, 0) is 0 Å². The van der Waals surface area contributed by atoms with E-state index in [1.807, 2.05) is 11.0 Å². The summed E-state index contributed by atoms with van der Waals surface area (Å²) in [6.45, 7) is 6.23. The number of hydrogen-bond donors (Lipinski definition) is 2. The van der Waals surface area contributed by atoms with Gasteiger partial charge in [0.05, 0.1) is 5.69 Å². The van der Waals surface area contributed by atoms with Crippen molar-refractivity contribution in [1.29, 1.82) is 0 Å². The molecule has 1 atom stereocenters. The molecule has 0 spiro atoms. The Balaban J connectivity index is 1.74. The van der Waals surface area contributed by atoms with Gasteiger partial charge in [0.25, 0.3) is 0 Å². The van der Waals surface area contributed by atoms with Gasteiger partial charge in [0.15, 0.2) is 5.50 Å². The molecule has 1 aromatic carbocycles. The van der Waals surface area contributed by atoms with Crippen LogP contribution in [0, 0.1) is 20.8 Å². The summed E-state index contributed by atoms with van der Waals surface area (Å²) in [4.78, 5) is 0. The molecular formula is C13H16N4S. The van der Waals surface area contributed by atoms with Crippen LogP contribution in [0.5, 0.6) is 0 Å². The Morgan fingerprint density at radius 3 is 2.83 bits per heavy atom. The lowest BCUT2D eigenvalue weighted by Crippen LogP contribution is -2.21. The van der Waals surface area contributed by atoms with Crippen molar-refractivity contribution in [2.24, 2.45) is 0 Å². The van der Waals surface area contributed by atoms with Crippen molar-refractivity contribution in [1.82, 2.24) is 9.19 Å². The van der Waals surface area contributed by atoms with Crippen LogP contribution >= 0.6 is 11.9 Å². The number of hydrogen-bond acceptors (Lipinski definition) is 4. The Kier molecular flexibility index (Phi) is 2.70. The van der Waals surface area contributed by atoms with Gasteiger partial charge in [-0.3, -0.25) is 0 Å². The third-order valence-electron chi connectivity index (χ3n) is 2.95. The zero-order chi connectivity index (χ0) is 12.7. The predicted molar refractivity (Wildman–Crippen MR) is 76.9 cm³/mol. The van der Waals surface area contributed by atoms with E-state index >= 15 is 0 Å². The molecule has 0 radical (unpaired) electrons. The number of anilines is 2. The highest BCUT2D eigenvalue weighted by Crippen LogP contribution is 2.31. The van der Waals surface area contributed by atoms with Crippen LogP contribution in [0.1, 0.15) is 16.8 Å². The highest BCUT2D eigenvalue weighted by atomic mass is 32.2. The van der Waals surface area contributed by atoms with E-state index in [0.29, 0.717) is 0 Å². The molecule has 1 aromatic heterocycles. The molecule has 0 aliphatic carbocycles. The van der Waals surface area contributed by atoms with Gasteiger partial charge >= 0.3 is 0 Å². The maximum Gasteiger partial charge on any atom is 0.168 e. The number of aryl methyl sites for hydroxylation is 3. The molecule has 0 amide bonds. The topological polar surface area (TPSA) is 41.9 Å². The van der Waals surface area contributed by atoms with Gasteiger partial charge < -0.3 is 10.6 Å². The van der Waals surface area contributed by atoms with Crippen molar-refractivity contribution in [3.8, 4) is 0 Å². The van der Waals surface area contributed by atoms with Crippen LogP contribution in [0.3, 0.4) is 0 Å². The summed E-state index contributed by atoms with van der Waals surface area (Å²) >= 11 is 1.65. The first-order chi connectivity index (χ1) is 8.61. The highest BCUT2D eigenvalue weighted by Gasteiger charge is 2.22. The van der Waals surface area contributed by atoms with Gasteiger partial charge in [-0.25, -0.2) is 0 Å². The van der Waals surface area contributed by atoms with Gasteiger partial charge in [-0.05, 0) is 32.4 Å². The molecule has 2 N–H and O–H groups in total. The molecule has 94 valence electrons. The minimum absolute atomic E-state index is 0.134. The zero-order valence-electron chi connectivity index (χ0n) is 10.7. The molecule has 1 aliphatic heterocycles. The third kappa shape index (κ3) is 2.06. The molecule has 2 heterocycles. The molecule has 0 saturated heterocycles. The largest absolute Gasteiger partial charge is 0.355 e. The minimum atomic E-state index is 0.134. The van der Waals surface area contributed by atoms with Gasteiger partial charge in [-0.15, -0.1) is 0 Å². The fraction of sp³-hybridized carbons (Fsp3) is 0.308. The summed E-state index contributed by atoms with van der Waals surface area (Å²) in [7, 11) is 0. The van der Waals surface area contributed by atoms with Gasteiger partial charge in [0.2, 0.25) is 0 Å². The lowest BCUT2D eigenvalue weighted by Gasteiger charge is -2.15. The molecule has 0 bridgehead atoms. The lowest BCUT2D eigenvalue weighted by atomic mass is 10.1. The van der Waals surface area contributed by atoms with E-state index < -0.39 is 0 Å². The van der Waals surface area contributed by atoms with Crippen LogP contribution in [0.4, 0.5) is 11.5 Å². The fourth-order valence-electron chi connectivity index (χ4n) is 2.10. The molecule has 1 aliphatic rings. The van der Waals surface area contributed by atoms with Crippen LogP contribution in [0.15, 0.2) is 24.3 Å². The first-order valence-corrected chi connectivity index (χ1v) is 6.79.